The van der Waals surface area contributed by atoms with Crippen LogP contribution in [0.1, 0.15) is 12.0 Å². The normalized spacial score (nSPS) is 18.1. The Morgan fingerprint density at radius 1 is 1.15 bits per heavy atom. The van der Waals surface area contributed by atoms with Gasteiger partial charge in [0.05, 0.1) is 11.9 Å². The summed E-state index contributed by atoms with van der Waals surface area (Å²) in [6, 6.07) is 14.8. The van der Waals surface area contributed by atoms with E-state index in [1.807, 2.05) is 0 Å². The molecule has 0 spiro atoms. The Balaban J connectivity index is 1.66. The van der Waals surface area contributed by atoms with Crippen LogP contribution >= 0.6 is 11.8 Å². The van der Waals surface area contributed by atoms with Gasteiger partial charge in [-0.25, -0.2) is 9.29 Å². The molecule has 0 bridgehead atoms. The molecule has 2 aromatic rings. The molecule has 1 saturated heterocycles. The third kappa shape index (κ3) is 3.97. The summed E-state index contributed by atoms with van der Waals surface area (Å²) >= 11 is 0.965. The second-order valence-corrected chi connectivity index (χ2v) is 6.64. The van der Waals surface area contributed by atoms with Gasteiger partial charge in [-0.1, -0.05) is 48.2 Å². The van der Waals surface area contributed by atoms with Crippen LogP contribution < -0.4 is 10.6 Å². The quantitative estimate of drug-likeness (QED) is 0.388. The van der Waals surface area contributed by atoms with Crippen molar-refractivity contribution >= 4 is 40.6 Å². The summed E-state index contributed by atoms with van der Waals surface area (Å²) in [7, 11) is 0. The first-order valence-corrected chi connectivity index (χ1v) is 8.64. The number of nitrogens with two attached hydrogens (primary N) is 1. The van der Waals surface area contributed by atoms with Crippen molar-refractivity contribution in [3.63, 3.8) is 0 Å². The van der Waals surface area contributed by atoms with E-state index < -0.39 is 11.1 Å². The Morgan fingerprint density at radius 3 is 2.58 bits per heavy atom. The first-order valence-electron chi connectivity index (χ1n) is 7.76. The molecule has 0 saturated carbocycles. The number of hydrogen-bond donors (Lipinski definition) is 1. The lowest BCUT2D eigenvalue weighted by molar-refractivity contribution is -0.121. The molecule has 2 amide bonds. The van der Waals surface area contributed by atoms with Gasteiger partial charge in [-0.05, 0) is 18.2 Å². The second kappa shape index (κ2) is 7.92. The maximum absolute atomic E-state index is 13.5. The van der Waals surface area contributed by atoms with Crippen LogP contribution in [0.25, 0.3) is 0 Å². The minimum absolute atomic E-state index is 0.0265. The van der Waals surface area contributed by atoms with Crippen molar-refractivity contribution in [2.24, 2.45) is 15.9 Å². The third-order valence-electron chi connectivity index (χ3n) is 3.64. The molecule has 2 aromatic carbocycles. The van der Waals surface area contributed by atoms with E-state index in [2.05, 4.69) is 10.2 Å². The Morgan fingerprint density at radius 2 is 1.85 bits per heavy atom. The van der Waals surface area contributed by atoms with Gasteiger partial charge in [-0.3, -0.25) is 9.59 Å². The van der Waals surface area contributed by atoms with E-state index in [1.54, 1.807) is 48.5 Å². The second-order valence-electron chi connectivity index (χ2n) is 5.42. The van der Waals surface area contributed by atoms with Gasteiger partial charge in [0.1, 0.15) is 11.1 Å². The molecule has 0 aromatic heterocycles. The Kier molecular flexibility index (Phi) is 5.43. The zero-order chi connectivity index (χ0) is 18.5. The van der Waals surface area contributed by atoms with Crippen LogP contribution in [0, 0.1) is 5.82 Å². The van der Waals surface area contributed by atoms with Gasteiger partial charge in [0.25, 0.3) is 0 Å². The molecule has 3 rings (SSSR count). The average molecular weight is 370 g/mol. The molecule has 132 valence electrons. The van der Waals surface area contributed by atoms with Crippen molar-refractivity contribution in [3.8, 4) is 0 Å². The minimum Gasteiger partial charge on any atom is -0.377 e. The molecule has 0 aliphatic carbocycles. The number of thioether (sulfide) groups is 1. The van der Waals surface area contributed by atoms with E-state index in [9.17, 15) is 14.0 Å². The molecule has 8 heteroatoms. The van der Waals surface area contributed by atoms with Gasteiger partial charge in [-0.15, -0.1) is 5.10 Å². The van der Waals surface area contributed by atoms with E-state index in [-0.39, 0.29) is 29.0 Å². The highest BCUT2D eigenvalue weighted by Crippen LogP contribution is 2.29. The summed E-state index contributed by atoms with van der Waals surface area (Å²) in [5.74, 6) is -1.06. The number of imide groups is 1. The topological polar surface area (TPSA) is 88.1 Å². The van der Waals surface area contributed by atoms with Gasteiger partial charge in [0, 0.05) is 12.0 Å². The fourth-order valence-electron chi connectivity index (χ4n) is 2.44. The molecule has 6 nitrogen and oxygen atoms in total. The number of anilines is 1. The van der Waals surface area contributed by atoms with Crippen LogP contribution in [0.4, 0.5) is 10.1 Å². The lowest BCUT2D eigenvalue weighted by Gasteiger charge is -2.14. The Hall–Kier alpha value is -3.00. The van der Waals surface area contributed by atoms with E-state index in [0.717, 1.165) is 16.7 Å². The highest BCUT2D eigenvalue weighted by atomic mass is 32.2. The van der Waals surface area contributed by atoms with Crippen LogP contribution in [-0.2, 0) is 9.59 Å². The molecule has 26 heavy (non-hydrogen) atoms. The van der Waals surface area contributed by atoms with Gasteiger partial charge >= 0.3 is 0 Å². The van der Waals surface area contributed by atoms with Crippen molar-refractivity contribution in [2.75, 3.05) is 4.90 Å². The predicted molar refractivity (Wildman–Crippen MR) is 101 cm³/mol. The van der Waals surface area contributed by atoms with Crippen molar-refractivity contribution in [1.82, 2.24) is 0 Å². The summed E-state index contributed by atoms with van der Waals surface area (Å²) < 4.78 is 13.5. The number of rotatable bonds is 4. The summed E-state index contributed by atoms with van der Waals surface area (Å²) in [5.41, 5.74) is 6.57. The van der Waals surface area contributed by atoms with Gasteiger partial charge < -0.3 is 5.73 Å². The number of benzene rings is 2. The van der Waals surface area contributed by atoms with Crippen LogP contribution in [0.5, 0.6) is 0 Å². The monoisotopic (exact) mass is 370 g/mol. The molecule has 1 heterocycles. The summed E-state index contributed by atoms with van der Waals surface area (Å²) in [6.45, 7) is 0. The molecule has 0 unspecified atom stereocenters. The summed E-state index contributed by atoms with van der Waals surface area (Å²) in [5, 5.41) is 6.86. The van der Waals surface area contributed by atoms with E-state index >= 15 is 0 Å². The molecule has 2 N–H and O–H groups in total. The third-order valence-corrected chi connectivity index (χ3v) is 4.62. The van der Waals surface area contributed by atoms with Gasteiger partial charge in [0.15, 0.2) is 5.17 Å². The standard InChI is InChI=1S/C18H15FN4O2S/c19-14-9-5-4-6-12(14)11-21-22-18(20)26-15-10-16(24)23(17(15)25)13-7-2-1-3-8-13/h1-9,11,15H,10H2,(H2,20,22)/b21-11-/t15-/m0/s1. The van der Waals surface area contributed by atoms with Gasteiger partial charge in [0.2, 0.25) is 11.8 Å². The maximum Gasteiger partial charge on any atom is 0.247 e. The van der Waals surface area contributed by atoms with Crippen molar-refractivity contribution < 1.29 is 14.0 Å². The maximum atomic E-state index is 13.5. The number of carbonyl (C=O) groups is 2. The largest absolute Gasteiger partial charge is 0.377 e. The first-order chi connectivity index (χ1) is 12.6. The Bertz CT molecular complexity index is 886. The summed E-state index contributed by atoms with van der Waals surface area (Å²) in [4.78, 5) is 25.8. The highest BCUT2D eigenvalue weighted by Gasteiger charge is 2.40. The lowest BCUT2D eigenvalue weighted by atomic mass is 10.2. The number of nitrogens with zero attached hydrogens (tertiary/aromatic N) is 3. The van der Waals surface area contributed by atoms with E-state index in [4.69, 9.17) is 5.73 Å². The number of amides is 2. The zero-order valence-electron chi connectivity index (χ0n) is 13.6. The van der Waals surface area contributed by atoms with E-state index in [0.29, 0.717) is 5.69 Å². The average Bonchev–Trinajstić information content (AvgIpc) is 2.91. The van der Waals surface area contributed by atoms with Crippen LogP contribution in [0.15, 0.2) is 64.8 Å². The van der Waals surface area contributed by atoms with Crippen molar-refractivity contribution in [2.45, 2.75) is 11.7 Å². The molecule has 0 radical (unpaired) electrons. The molecular weight excluding hydrogens is 355 g/mol. The Labute approximate surface area is 153 Å². The SMILES string of the molecule is NC(=N/N=C\c1ccccc1F)S[C@H]1CC(=O)N(c2ccccc2)C1=O. The van der Waals surface area contributed by atoms with Crippen molar-refractivity contribution in [3.05, 3.63) is 66.0 Å². The number of para-hydroxylation sites is 1. The smallest absolute Gasteiger partial charge is 0.247 e. The fourth-order valence-corrected chi connectivity index (χ4v) is 3.26. The number of halogens is 1. The predicted octanol–water partition coefficient (Wildman–Crippen LogP) is 2.54. The number of hydrogen-bond acceptors (Lipinski definition) is 5. The van der Waals surface area contributed by atoms with Crippen LogP contribution in [-0.4, -0.2) is 28.4 Å². The first kappa shape index (κ1) is 17.8. The zero-order valence-corrected chi connectivity index (χ0v) is 14.4. The number of amidine groups is 1. The van der Waals surface area contributed by atoms with Crippen LogP contribution in [0.2, 0.25) is 0 Å². The van der Waals surface area contributed by atoms with Crippen LogP contribution in [0.3, 0.4) is 0 Å². The van der Waals surface area contributed by atoms with Gasteiger partial charge in [-0.2, -0.15) is 5.10 Å². The molecule has 1 atom stereocenters. The summed E-state index contributed by atoms with van der Waals surface area (Å²) in [6.07, 6.45) is 1.27. The van der Waals surface area contributed by atoms with Crippen molar-refractivity contribution in [1.29, 1.82) is 0 Å². The fraction of sp³-hybridized carbons (Fsp3) is 0.111. The molecular formula is C18H15FN4O2S. The molecule has 1 fully saturated rings. The minimum atomic E-state index is -0.657. The number of carbonyl (C=O) groups excluding carboxylic acids is 2. The molecule has 1 aliphatic rings. The highest BCUT2D eigenvalue weighted by molar-refractivity contribution is 8.14. The molecule has 1 aliphatic heterocycles. The van der Waals surface area contributed by atoms with E-state index in [1.165, 1.54) is 12.3 Å². The lowest BCUT2D eigenvalue weighted by Crippen LogP contribution is -2.31.